The van der Waals surface area contributed by atoms with Crippen molar-refractivity contribution in [3.8, 4) is 0 Å². The number of hydrogen-bond donors (Lipinski definition) is 2. The summed E-state index contributed by atoms with van der Waals surface area (Å²) in [5, 5.41) is 14.3. The zero-order chi connectivity index (χ0) is 9.84. The molecule has 0 fully saturated rings. The number of nitrogens with zero attached hydrogens (tertiary/aromatic N) is 2. The molecule has 1 atom stereocenters. The first kappa shape index (κ1) is 9.50. The summed E-state index contributed by atoms with van der Waals surface area (Å²) in [6.07, 6.45) is 1.85. The smallest absolute Gasteiger partial charge is 0.343 e. The van der Waals surface area contributed by atoms with Crippen LogP contribution < -0.4 is 5.69 Å². The van der Waals surface area contributed by atoms with Gasteiger partial charge in [-0.25, -0.2) is 9.89 Å². The second kappa shape index (κ2) is 3.88. The number of H-pyrrole nitrogens is 1. The number of nitrogens with one attached hydrogen (secondary N) is 1. The lowest BCUT2D eigenvalue weighted by molar-refractivity contribution is -0.137. The van der Waals surface area contributed by atoms with E-state index in [1.165, 1.54) is 10.9 Å². The molecule has 1 rings (SSSR count). The maximum absolute atomic E-state index is 11.1. The predicted octanol–water partition coefficient (Wildman–Crippen LogP) is -0.00280. The van der Waals surface area contributed by atoms with Gasteiger partial charge >= 0.3 is 11.7 Å². The fraction of sp³-hybridized carbons (Fsp3) is 0.571. The van der Waals surface area contributed by atoms with Crippen molar-refractivity contribution in [1.82, 2.24) is 14.8 Å². The van der Waals surface area contributed by atoms with Crippen molar-refractivity contribution in [3.05, 3.63) is 16.8 Å². The highest BCUT2D eigenvalue weighted by Gasteiger charge is 2.14. The van der Waals surface area contributed by atoms with Crippen LogP contribution in [-0.4, -0.2) is 25.8 Å². The highest BCUT2D eigenvalue weighted by molar-refractivity contribution is 5.67. The number of carboxylic acids is 1. The largest absolute Gasteiger partial charge is 0.481 e. The molecule has 6 heteroatoms. The number of aromatic amines is 1. The molecule has 1 aromatic rings. The second-order valence-electron chi connectivity index (χ2n) is 2.73. The minimum absolute atomic E-state index is 0.0596. The molecule has 1 aromatic heterocycles. The SMILES string of the molecule is CCC(CC(=O)O)n1cn[nH]c1=O. The van der Waals surface area contributed by atoms with Gasteiger partial charge in [0, 0.05) is 6.04 Å². The van der Waals surface area contributed by atoms with Crippen molar-refractivity contribution >= 4 is 5.97 Å². The topological polar surface area (TPSA) is 88.0 Å². The number of aliphatic carboxylic acids is 1. The van der Waals surface area contributed by atoms with E-state index in [0.29, 0.717) is 6.42 Å². The Morgan fingerprint density at radius 2 is 2.54 bits per heavy atom. The Bertz CT molecular complexity index is 341. The van der Waals surface area contributed by atoms with Crippen LogP contribution in [0.25, 0.3) is 0 Å². The molecular formula is C7H11N3O3. The van der Waals surface area contributed by atoms with Crippen LogP contribution in [0.5, 0.6) is 0 Å². The third-order valence-corrected chi connectivity index (χ3v) is 1.85. The summed E-state index contributed by atoms with van der Waals surface area (Å²) in [4.78, 5) is 21.5. The average molecular weight is 185 g/mol. The van der Waals surface area contributed by atoms with Crippen molar-refractivity contribution in [3.63, 3.8) is 0 Å². The van der Waals surface area contributed by atoms with Crippen molar-refractivity contribution in [2.75, 3.05) is 0 Å². The van der Waals surface area contributed by atoms with E-state index in [0.717, 1.165) is 0 Å². The third-order valence-electron chi connectivity index (χ3n) is 1.85. The van der Waals surface area contributed by atoms with E-state index in [1.54, 1.807) is 0 Å². The van der Waals surface area contributed by atoms with E-state index in [-0.39, 0.29) is 18.2 Å². The summed E-state index contributed by atoms with van der Waals surface area (Å²) in [5.74, 6) is -0.917. The molecule has 6 nitrogen and oxygen atoms in total. The van der Waals surface area contributed by atoms with E-state index < -0.39 is 5.97 Å². The molecule has 0 radical (unpaired) electrons. The van der Waals surface area contributed by atoms with E-state index >= 15 is 0 Å². The van der Waals surface area contributed by atoms with Crippen LogP contribution in [0.2, 0.25) is 0 Å². The fourth-order valence-electron chi connectivity index (χ4n) is 1.16. The summed E-state index contributed by atoms with van der Waals surface area (Å²) in [5.41, 5.74) is -0.367. The van der Waals surface area contributed by atoms with Crippen LogP contribution in [0, 0.1) is 0 Å². The predicted molar refractivity (Wildman–Crippen MR) is 44.4 cm³/mol. The van der Waals surface area contributed by atoms with E-state index in [4.69, 9.17) is 5.11 Å². The third kappa shape index (κ3) is 2.17. The first-order valence-corrected chi connectivity index (χ1v) is 3.98. The van der Waals surface area contributed by atoms with E-state index in [9.17, 15) is 9.59 Å². The number of hydrogen-bond acceptors (Lipinski definition) is 3. The Kier molecular flexibility index (Phi) is 2.84. The monoisotopic (exact) mass is 185 g/mol. The lowest BCUT2D eigenvalue weighted by atomic mass is 10.1. The molecule has 1 heterocycles. The van der Waals surface area contributed by atoms with Gasteiger partial charge in [-0.05, 0) is 6.42 Å². The first-order valence-electron chi connectivity index (χ1n) is 3.98. The van der Waals surface area contributed by atoms with Crippen molar-refractivity contribution in [1.29, 1.82) is 0 Å². The maximum atomic E-state index is 11.1. The Labute approximate surface area is 74.2 Å². The molecule has 13 heavy (non-hydrogen) atoms. The molecule has 1 unspecified atom stereocenters. The minimum atomic E-state index is -0.917. The molecule has 0 bridgehead atoms. The molecule has 0 amide bonds. The molecule has 0 aliphatic rings. The summed E-state index contributed by atoms with van der Waals surface area (Å²) in [6, 6.07) is -0.316. The standard InChI is InChI=1S/C7H11N3O3/c1-2-5(3-6(11)12)10-4-8-9-7(10)13/h4-5H,2-3H2,1H3,(H,9,13)(H,11,12). The van der Waals surface area contributed by atoms with Crippen LogP contribution in [0.15, 0.2) is 11.1 Å². The Hall–Kier alpha value is -1.59. The number of aromatic nitrogens is 3. The van der Waals surface area contributed by atoms with Gasteiger partial charge in [0.15, 0.2) is 0 Å². The average Bonchev–Trinajstić information content (AvgIpc) is 2.47. The number of rotatable bonds is 4. The van der Waals surface area contributed by atoms with Gasteiger partial charge in [0.25, 0.3) is 0 Å². The highest BCUT2D eigenvalue weighted by Crippen LogP contribution is 2.11. The summed E-state index contributed by atoms with van der Waals surface area (Å²) < 4.78 is 1.30. The van der Waals surface area contributed by atoms with Crippen LogP contribution in [0.4, 0.5) is 0 Å². The van der Waals surface area contributed by atoms with Gasteiger partial charge in [-0.1, -0.05) is 6.92 Å². The molecule has 2 N–H and O–H groups in total. The number of carbonyl (C=O) groups is 1. The van der Waals surface area contributed by atoms with Crippen LogP contribution >= 0.6 is 0 Å². The molecule has 0 aliphatic carbocycles. The summed E-state index contributed by atoms with van der Waals surface area (Å²) in [6.45, 7) is 1.83. The van der Waals surface area contributed by atoms with Gasteiger partial charge in [-0.15, -0.1) is 0 Å². The Morgan fingerprint density at radius 1 is 1.85 bits per heavy atom. The van der Waals surface area contributed by atoms with Gasteiger partial charge in [-0.2, -0.15) is 5.10 Å². The molecule has 72 valence electrons. The first-order chi connectivity index (χ1) is 6.15. The summed E-state index contributed by atoms with van der Waals surface area (Å²) >= 11 is 0. The van der Waals surface area contributed by atoms with Crippen LogP contribution in [0.3, 0.4) is 0 Å². The van der Waals surface area contributed by atoms with Crippen molar-refractivity contribution < 1.29 is 9.90 Å². The van der Waals surface area contributed by atoms with Gasteiger partial charge in [0.05, 0.1) is 6.42 Å². The molecule has 0 aliphatic heterocycles. The van der Waals surface area contributed by atoms with Crippen LogP contribution in [-0.2, 0) is 4.79 Å². The van der Waals surface area contributed by atoms with E-state index in [1.807, 2.05) is 6.92 Å². The Balaban J connectivity index is 2.84. The highest BCUT2D eigenvalue weighted by atomic mass is 16.4. The van der Waals surface area contributed by atoms with Gasteiger partial charge in [0.2, 0.25) is 0 Å². The van der Waals surface area contributed by atoms with Gasteiger partial charge in [-0.3, -0.25) is 9.36 Å². The van der Waals surface area contributed by atoms with E-state index in [2.05, 4.69) is 10.2 Å². The zero-order valence-electron chi connectivity index (χ0n) is 7.23. The lowest BCUT2D eigenvalue weighted by Gasteiger charge is -2.11. The molecular weight excluding hydrogens is 174 g/mol. The number of carboxylic acid groups (broad SMARTS) is 1. The lowest BCUT2D eigenvalue weighted by Crippen LogP contribution is -2.23. The summed E-state index contributed by atoms with van der Waals surface area (Å²) in [7, 11) is 0. The van der Waals surface area contributed by atoms with Crippen molar-refractivity contribution in [2.24, 2.45) is 0 Å². The normalized spacial score (nSPS) is 12.7. The fourth-order valence-corrected chi connectivity index (χ4v) is 1.16. The Morgan fingerprint density at radius 3 is 2.92 bits per heavy atom. The zero-order valence-corrected chi connectivity index (χ0v) is 7.23. The minimum Gasteiger partial charge on any atom is -0.481 e. The quantitative estimate of drug-likeness (QED) is 0.690. The second-order valence-corrected chi connectivity index (χ2v) is 2.73. The molecule has 0 saturated heterocycles. The van der Waals surface area contributed by atoms with Gasteiger partial charge in [0.1, 0.15) is 6.33 Å². The maximum Gasteiger partial charge on any atom is 0.343 e. The van der Waals surface area contributed by atoms with Crippen molar-refractivity contribution in [2.45, 2.75) is 25.8 Å². The van der Waals surface area contributed by atoms with Crippen LogP contribution in [0.1, 0.15) is 25.8 Å². The molecule has 0 spiro atoms. The van der Waals surface area contributed by atoms with Gasteiger partial charge < -0.3 is 5.11 Å². The molecule has 0 aromatic carbocycles. The molecule has 0 saturated carbocycles.